The summed E-state index contributed by atoms with van der Waals surface area (Å²) in [5, 5.41) is 1.41. The Morgan fingerprint density at radius 2 is 1.88 bits per heavy atom. The van der Waals surface area contributed by atoms with E-state index in [4.69, 9.17) is 0 Å². The van der Waals surface area contributed by atoms with Crippen LogP contribution in [0.2, 0.25) is 3.97 Å². The number of fused-ring (bicyclic) bond motifs is 1. The number of pyridine rings is 1. The molecular formula is C15H17NTe. The van der Waals surface area contributed by atoms with E-state index in [1.165, 1.54) is 43.0 Å². The Labute approximate surface area is 113 Å². The minimum atomic E-state index is -0.0321. The molecule has 0 aliphatic heterocycles. The summed E-state index contributed by atoms with van der Waals surface area (Å²) in [6, 6.07) is 11.0. The molecule has 2 heteroatoms. The average molecular weight is 339 g/mol. The first-order valence-electron chi connectivity index (χ1n) is 6.44. The fraction of sp³-hybridized carbons (Fsp3) is 0.400. The van der Waals surface area contributed by atoms with E-state index in [-0.39, 0.29) is 20.9 Å². The van der Waals surface area contributed by atoms with Crippen molar-refractivity contribution in [1.82, 2.24) is 4.98 Å². The summed E-state index contributed by atoms with van der Waals surface area (Å²) in [5.41, 5.74) is 1.17. The number of hydrogen-bond donors (Lipinski definition) is 0. The van der Waals surface area contributed by atoms with Gasteiger partial charge >= 0.3 is 113 Å². The van der Waals surface area contributed by atoms with Gasteiger partial charge in [0.05, 0.1) is 0 Å². The number of nitrogens with zero attached hydrogens (tertiary/aromatic N) is 1. The van der Waals surface area contributed by atoms with Crippen LogP contribution < -0.4 is 3.61 Å². The number of rotatable bonds is 2. The van der Waals surface area contributed by atoms with Crippen LogP contribution in [0.1, 0.15) is 32.1 Å². The summed E-state index contributed by atoms with van der Waals surface area (Å²) in [6.07, 6.45) is 9.21. The van der Waals surface area contributed by atoms with E-state index in [0.717, 1.165) is 3.97 Å². The Morgan fingerprint density at radius 1 is 1.00 bits per heavy atom. The van der Waals surface area contributed by atoms with Crippen LogP contribution in [0.3, 0.4) is 0 Å². The van der Waals surface area contributed by atoms with Gasteiger partial charge in [-0.2, -0.15) is 0 Å². The van der Waals surface area contributed by atoms with Crippen molar-refractivity contribution in [2.24, 2.45) is 0 Å². The Balaban J connectivity index is 1.89. The zero-order chi connectivity index (χ0) is 11.5. The minimum absolute atomic E-state index is 0.0321. The molecule has 1 saturated carbocycles. The molecule has 0 bridgehead atoms. The molecule has 1 fully saturated rings. The van der Waals surface area contributed by atoms with Crippen LogP contribution in [0.15, 0.2) is 36.5 Å². The zero-order valence-corrected chi connectivity index (χ0v) is 12.3. The van der Waals surface area contributed by atoms with Crippen LogP contribution >= 0.6 is 0 Å². The zero-order valence-electron chi connectivity index (χ0n) is 9.93. The third-order valence-corrected chi connectivity index (χ3v) is 7.49. The molecule has 1 heterocycles. The molecule has 0 unspecified atom stereocenters. The second kappa shape index (κ2) is 5.38. The Hall–Kier alpha value is -0.580. The van der Waals surface area contributed by atoms with Crippen molar-refractivity contribution in [3.05, 3.63) is 36.5 Å². The molecule has 1 aliphatic carbocycles. The van der Waals surface area contributed by atoms with Crippen LogP contribution in [0, 0.1) is 0 Å². The Kier molecular flexibility index (Phi) is 3.64. The maximum atomic E-state index is 4.46. The summed E-state index contributed by atoms with van der Waals surface area (Å²) >= 11 is -0.0321. The van der Waals surface area contributed by atoms with Gasteiger partial charge in [-0.3, -0.25) is 0 Å². The molecule has 0 radical (unpaired) electrons. The molecule has 2 aromatic rings. The quantitative estimate of drug-likeness (QED) is 0.765. The van der Waals surface area contributed by atoms with Crippen molar-refractivity contribution in [2.45, 2.75) is 36.1 Å². The second-order valence-corrected chi connectivity index (χ2v) is 8.53. The summed E-state index contributed by atoms with van der Waals surface area (Å²) in [7, 11) is 0. The molecule has 0 spiro atoms. The van der Waals surface area contributed by atoms with Crippen LogP contribution in [0.5, 0.6) is 0 Å². The van der Waals surface area contributed by atoms with Gasteiger partial charge in [0.15, 0.2) is 0 Å². The van der Waals surface area contributed by atoms with Gasteiger partial charge in [0.25, 0.3) is 0 Å². The molecule has 0 N–H and O–H groups in total. The molecule has 17 heavy (non-hydrogen) atoms. The van der Waals surface area contributed by atoms with Gasteiger partial charge in [-0.15, -0.1) is 0 Å². The van der Waals surface area contributed by atoms with Crippen molar-refractivity contribution in [2.75, 3.05) is 0 Å². The van der Waals surface area contributed by atoms with E-state index in [2.05, 4.69) is 35.3 Å². The first kappa shape index (κ1) is 11.5. The van der Waals surface area contributed by atoms with Crippen molar-refractivity contribution >= 4 is 35.4 Å². The van der Waals surface area contributed by atoms with Gasteiger partial charge < -0.3 is 0 Å². The van der Waals surface area contributed by atoms with Crippen molar-refractivity contribution < 1.29 is 0 Å². The fourth-order valence-corrected chi connectivity index (χ4v) is 6.49. The van der Waals surface area contributed by atoms with Crippen molar-refractivity contribution in [1.29, 1.82) is 0 Å². The molecule has 0 atom stereocenters. The van der Waals surface area contributed by atoms with E-state index in [9.17, 15) is 0 Å². The molecule has 0 amide bonds. The van der Waals surface area contributed by atoms with Gasteiger partial charge in [-0.05, 0) is 0 Å². The van der Waals surface area contributed by atoms with Gasteiger partial charge in [0.2, 0.25) is 0 Å². The Morgan fingerprint density at radius 3 is 2.76 bits per heavy atom. The molecular weight excluding hydrogens is 322 g/mol. The van der Waals surface area contributed by atoms with E-state index >= 15 is 0 Å². The average Bonchev–Trinajstić information content (AvgIpc) is 2.40. The Bertz CT molecular complexity index is 498. The van der Waals surface area contributed by atoms with Crippen molar-refractivity contribution in [3.63, 3.8) is 0 Å². The standard InChI is InChI=1S/C15H17NTe/c1-2-6-12(7-3-1)17-15-10-4-9-14-13(15)8-5-11-16-14/h4-5,8-12H,1-3,6-7H2. The third kappa shape index (κ3) is 2.64. The monoisotopic (exact) mass is 341 g/mol. The predicted molar refractivity (Wildman–Crippen MR) is 74.0 cm³/mol. The summed E-state index contributed by atoms with van der Waals surface area (Å²) in [5.74, 6) is 0. The fourth-order valence-electron chi connectivity index (χ4n) is 2.54. The predicted octanol–water partition coefficient (Wildman–Crippen LogP) is 3.32. The topological polar surface area (TPSA) is 12.9 Å². The van der Waals surface area contributed by atoms with Crippen LogP contribution in [0.4, 0.5) is 0 Å². The van der Waals surface area contributed by atoms with Gasteiger partial charge in [0, 0.05) is 0 Å². The molecule has 88 valence electrons. The van der Waals surface area contributed by atoms with Gasteiger partial charge in [-0.25, -0.2) is 0 Å². The number of aromatic nitrogens is 1. The number of benzene rings is 1. The molecule has 1 aromatic carbocycles. The first-order valence-corrected chi connectivity index (χ1v) is 8.95. The second-order valence-electron chi connectivity index (χ2n) is 4.70. The third-order valence-electron chi connectivity index (χ3n) is 3.45. The van der Waals surface area contributed by atoms with E-state index < -0.39 is 0 Å². The van der Waals surface area contributed by atoms with E-state index in [1.807, 2.05) is 6.20 Å². The molecule has 1 aromatic heterocycles. The summed E-state index contributed by atoms with van der Waals surface area (Å²) in [4.78, 5) is 4.46. The normalized spacial score (nSPS) is 17.4. The van der Waals surface area contributed by atoms with Crippen LogP contribution in [-0.4, -0.2) is 25.9 Å². The number of hydrogen-bond acceptors (Lipinski definition) is 1. The van der Waals surface area contributed by atoms with Crippen LogP contribution in [-0.2, 0) is 0 Å². The molecule has 3 rings (SSSR count). The molecule has 1 aliphatic rings. The first-order chi connectivity index (χ1) is 8.43. The van der Waals surface area contributed by atoms with Crippen molar-refractivity contribution in [3.8, 4) is 0 Å². The van der Waals surface area contributed by atoms with Gasteiger partial charge in [0.1, 0.15) is 0 Å². The molecule has 0 saturated heterocycles. The summed E-state index contributed by atoms with van der Waals surface area (Å²) in [6.45, 7) is 0. The maximum absolute atomic E-state index is 4.46. The van der Waals surface area contributed by atoms with E-state index in [1.54, 1.807) is 3.61 Å². The van der Waals surface area contributed by atoms with Crippen LogP contribution in [0.25, 0.3) is 10.9 Å². The van der Waals surface area contributed by atoms with Gasteiger partial charge in [-0.1, -0.05) is 0 Å². The SMILES string of the molecule is c1cc([Te]C2CCCCC2)c2cccnc2c1. The summed E-state index contributed by atoms with van der Waals surface area (Å²) < 4.78 is 2.65. The van der Waals surface area contributed by atoms with E-state index in [0.29, 0.717) is 0 Å². The molecule has 1 nitrogen and oxygen atoms in total.